The van der Waals surface area contributed by atoms with E-state index < -0.39 is 19.0 Å². The highest BCUT2D eigenvalue weighted by Crippen LogP contribution is 2.42. The molecule has 0 aromatic rings. The average Bonchev–Trinajstić information content (AvgIpc) is 2.60. The molecule has 0 radical (unpaired) electrons. The third-order valence-corrected chi connectivity index (χ3v) is 6.23. The van der Waals surface area contributed by atoms with Crippen LogP contribution in [0.25, 0.3) is 0 Å². The van der Waals surface area contributed by atoms with E-state index in [0.29, 0.717) is 0 Å². The van der Waals surface area contributed by atoms with Gasteiger partial charge in [0.1, 0.15) is 0 Å². The minimum atomic E-state index is -2.56. The van der Waals surface area contributed by atoms with Crippen molar-refractivity contribution in [3.8, 4) is 0 Å². The van der Waals surface area contributed by atoms with E-state index in [-0.39, 0.29) is 5.92 Å². The maximum atomic E-state index is 12.1. The second-order valence-corrected chi connectivity index (χ2v) is 7.91. The zero-order valence-electron chi connectivity index (χ0n) is 15.2. The predicted molar refractivity (Wildman–Crippen MR) is 92.0 cm³/mol. The molecule has 0 aromatic heterocycles. The molecule has 0 heterocycles. The van der Waals surface area contributed by atoms with Gasteiger partial charge in [0, 0.05) is 0 Å². The van der Waals surface area contributed by atoms with Crippen molar-refractivity contribution in [3.05, 3.63) is 0 Å². The third-order valence-electron chi connectivity index (χ3n) is 6.23. The van der Waals surface area contributed by atoms with E-state index in [9.17, 15) is 13.6 Å². The number of ether oxygens (including phenoxy) is 1. The number of hydrogen-bond acceptors (Lipinski definition) is 2. The first-order valence-electron chi connectivity index (χ1n) is 10.0. The molecule has 0 unspecified atom stereocenters. The van der Waals surface area contributed by atoms with Gasteiger partial charge in [0.05, 0.1) is 5.92 Å². The minimum Gasteiger partial charge on any atom is -0.459 e. The highest BCUT2D eigenvalue weighted by atomic mass is 19.3. The molecule has 24 heavy (non-hydrogen) atoms. The number of hydrogen-bond donors (Lipinski definition) is 0. The van der Waals surface area contributed by atoms with Gasteiger partial charge in [-0.05, 0) is 56.3 Å². The van der Waals surface area contributed by atoms with Gasteiger partial charge in [-0.15, -0.1) is 0 Å². The van der Waals surface area contributed by atoms with Gasteiger partial charge in [-0.25, -0.2) is 8.78 Å². The maximum absolute atomic E-state index is 12.1. The lowest BCUT2D eigenvalue weighted by atomic mass is 9.68. The number of rotatable bonds is 8. The standard InChI is InChI=1S/C20H34F2O2/c1-2-3-4-5-15-6-8-16(9-7-15)17-10-12-18(13-11-17)20(23)24-14-19(21)22/h15-19H,2-14H2,1H3/t15-,16-,17-,18-. The summed E-state index contributed by atoms with van der Waals surface area (Å²) in [5.74, 6) is 1.94. The molecule has 4 heteroatoms. The molecule has 0 aromatic carbocycles. The number of unbranched alkanes of at least 4 members (excludes halogenated alkanes) is 2. The molecule has 0 amide bonds. The van der Waals surface area contributed by atoms with Gasteiger partial charge < -0.3 is 4.74 Å². The lowest BCUT2D eigenvalue weighted by Gasteiger charge is -2.37. The van der Waals surface area contributed by atoms with Gasteiger partial charge in [-0.1, -0.05) is 45.4 Å². The topological polar surface area (TPSA) is 26.3 Å². The Kier molecular flexibility index (Phi) is 8.48. The van der Waals surface area contributed by atoms with E-state index in [1.54, 1.807) is 0 Å². The monoisotopic (exact) mass is 344 g/mol. The van der Waals surface area contributed by atoms with Gasteiger partial charge in [0.15, 0.2) is 6.61 Å². The van der Waals surface area contributed by atoms with Crippen molar-refractivity contribution >= 4 is 5.97 Å². The largest absolute Gasteiger partial charge is 0.459 e. The van der Waals surface area contributed by atoms with Gasteiger partial charge in [0.2, 0.25) is 0 Å². The first kappa shape index (κ1) is 19.7. The smallest absolute Gasteiger partial charge is 0.309 e. The van der Waals surface area contributed by atoms with Crippen molar-refractivity contribution < 1.29 is 18.3 Å². The number of esters is 1. The van der Waals surface area contributed by atoms with E-state index in [0.717, 1.165) is 43.4 Å². The van der Waals surface area contributed by atoms with Crippen LogP contribution in [-0.4, -0.2) is 19.0 Å². The molecule has 2 aliphatic carbocycles. The summed E-state index contributed by atoms with van der Waals surface area (Å²) in [6.45, 7) is 1.51. The normalized spacial score (nSPS) is 31.2. The Morgan fingerprint density at radius 2 is 1.54 bits per heavy atom. The van der Waals surface area contributed by atoms with Gasteiger partial charge in [0.25, 0.3) is 6.43 Å². The van der Waals surface area contributed by atoms with E-state index in [1.807, 2.05) is 0 Å². The van der Waals surface area contributed by atoms with Crippen LogP contribution in [0.3, 0.4) is 0 Å². The quantitative estimate of drug-likeness (QED) is 0.399. The summed E-state index contributed by atoms with van der Waals surface area (Å²) in [7, 11) is 0. The Hall–Kier alpha value is -0.670. The second kappa shape index (κ2) is 10.4. The summed E-state index contributed by atoms with van der Waals surface area (Å²) in [5, 5.41) is 0. The molecule has 140 valence electrons. The van der Waals surface area contributed by atoms with Crippen LogP contribution in [0, 0.1) is 23.7 Å². The zero-order valence-corrected chi connectivity index (χ0v) is 15.2. The molecular weight excluding hydrogens is 310 g/mol. The first-order chi connectivity index (χ1) is 11.6. The van der Waals surface area contributed by atoms with Crippen LogP contribution >= 0.6 is 0 Å². The highest BCUT2D eigenvalue weighted by Gasteiger charge is 2.33. The molecule has 2 aliphatic rings. The van der Waals surface area contributed by atoms with Crippen molar-refractivity contribution in [3.63, 3.8) is 0 Å². The van der Waals surface area contributed by atoms with Crippen LogP contribution < -0.4 is 0 Å². The summed E-state index contributed by atoms with van der Waals surface area (Å²) in [6, 6.07) is 0. The summed E-state index contributed by atoms with van der Waals surface area (Å²) < 4.78 is 28.9. The SMILES string of the molecule is CCCCC[C@H]1CC[C@H]([C@H]2CC[C@H](C(=O)OCC(F)F)CC2)CC1. The summed E-state index contributed by atoms with van der Waals surface area (Å²) in [6.07, 6.45) is 12.1. The Bertz CT molecular complexity index is 357. The Labute approximate surface area is 145 Å². The fourth-order valence-corrected chi connectivity index (χ4v) is 4.72. The predicted octanol–water partition coefficient (Wildman–Crippen LogP) is 5.99. The van der Waals surface area contributed by atoms with Crippen molar-refractivity contribution in [1.29, 1.82) is 0 Å². The Balaban J connectivity index is 1.63. The molecule has 0 bridgehead atoms. The summed E-state index contributed by atoms with van der Waals surface area (Å²) >= 11 is 0. The van der Waals surface area contributed by atoms with Gasteiger partial charge in [-0.3, -0.25) is 4.79 Å². The van der Waals surface area contributed by atoms with E-state index in [4.69, 9.17) is 4.74 Å². The molecule has 2 nitrogen and oxygen atoms in total. The van der Waals surface area contributed by atoms with Crippen LogP contribution in [0.4, 0.5) is 8.78 Å². The molecule has 0 spiro atoms. The third kappa shape index (κ3) is 6.33. The van der Waals surface area contributed by atoms with E-state index >= 15 is 0 Å². The van der Waals surface area contributed by atoms with Crippen molar-refractivity contribution in [2.45, 2.75) is 90.4 Å². The van der Waals surface area contributed by atoms with Gasteiger partial charge >= 0.3 is 5.97 Å². The molecule has 2 fully saturated rings. The zero-order chi connectivity index (χ0) is 17.4. The fraction of sp³-hybridized carbons (Fsp3) is 0.950. The molecular formula is C20H34F2O2. The maximum Gasteiger partial charge on any atom is 0.309 e. The van der Waals surface area contributed by atoms with Crippen LogP contribution in [0.15, 0.2) is 0 Å². The summed E-state index contributed by atoms with van der Waals surface area (Å²) in [4.78, 5) is 11.8. The van der Waals surface area contributed by atoms with Gasteiger partial charge in [-0.2, -0.15) is 0 Å². The van der Waals surface area contributed by atoms with Crippen LogP contribution in [0.1, 0.15) is 84.0 Å². The first-order valence-corrected chi connectivity index (χ1v) is 10.0. The Morgan fingerprint density at radius 3 is 2.08 bits per heavy atom. The van der Waals surface area contributed by atoms with E-state index in [2.05, 4.69) is 6.92 Å². The molecule has 2 rings (SSSR count). The lowest BCUT2D eigenvalue weighted by molar-refractivity contribution is -0.154. The highest BCUT2D eigenvalue weighted by molar-refractivity contribution is 5.72. The van der Waals surface area contributed by atoms with Crippen molar-refractivity contribution in [2.24, 2.45) is 23.7 Å². The van der Waals surface area contributed by atoms with Crippen LogP contribution in [0.5, 0.6) is 0 Å². The second-order valence-electron chi connectivity index (χ2n) is 7.91. The fourth-order valence-electron chi connectivity index (χ4n) is 4.72. The minimum absolute atomic E-state index is 0.148. The van der Waals surface area contributed by atoms with Crippen molar-refractivity contribution in [1.82, 2.24) is 0 Å². The van der Waals surface area contributed by atoms with Crippen LogP contribution in [0.2, 0.25) is 0 Å². The average molecular weight is 344 g/mol. The number of carbonyl (C=O) groups excluding carboxylic acids is 1. The van der Waals surface area contributed by atoms with Crippen LogP contribution in [-0.2, 0) is 9.53 Å². The lowest BCUT2D eigenvalue weighted by Crippen LogP contribution is -2.29. The van der Waals surface area contributed by atoms with E-state index in [1.165, 1.54) is 51.4 Å². The molecule has 0 atom stereocenters. The molecule has 2 saturated carbocycles. The molecule has 0 N–H and O–H groups in total. The Morgan fingerprint density at radius 1 is 0.958 bits per heavy atom. The number of halogens is 2. The molecule has 0 saturated heterocycles. The molecule has 0 aliphatic heterocycles. The number of alkyl halides is 2. The van der Waals surface area contributed by atoms with Crippen molar-refractivity contribution in [2.75, 3.05) is 6.61 Å². The number of carbonyl (C=O) groups is 1. The summed E-state index contributed by atoms with van der Waals surface area (Å²) in [5.41, 5.74) is 0.